The maximum Gasteiger partial charge on any atom is 0.303 e. The number of amides is 1. The summed E-state index contributed by atoms with van der Waals surface area (Å²) in [6.07, 6.45) is 2.33. The van der Waals surface area contributed by atoms with Gasteiger partial charge in [0.15, 0.2) is 0 Å². The molecule has 5 nitrogen and oxygen atoms in total. The van der Waals surface area contributed by atoms with Gasteiger partial charge in [-0.15, -0.1) is 0 Å². The first-order chi connectivity index (χ1) is 11.0. The van der Waals surface area contributed by atoms with E-state index < -0.39 is 5.97 Å². The highest BCUT2D eigenvalue weighted by Crippen LogP contribution is 2.36. The normalized spacial score (nSPS) is 15.3. The van der Waals surface area contributed by atoms with Gasteiger partial charge in [0.05, 0.1) is 11.3 Å². The lowest BCUT2D eigenvalue weighted by atomic mass is 10.0. The number of hydrogen-bond donors (Lipinski definition) is 2. The number of aryl methyl sites for hydroxylation is 2. The van der Waals surface area contributed by atoms with E-state index in [0.717, 1.165) is 28.2 Å². The molecular formula is C18H18N2O3. The summed E-state index contributed by atoms with van der Waals surface area (Å²) in [5.74, 6) is -0.882. The number of anilines is 1. The Morgan fingerprint density at radius 2 is 2.09 bits per heavy atom. The van der Waals surface area contributed by atoms with Gasteiger partial charge < -0.3 is 15.0 Å². The molecule has 0 aliphatic carbocycles. The molecule has 23 heavy (non-hydrogen) atoms. The van der Waals surface area contributed by atoms with E-state index in [1.165, 1.54) is 0 Å². The van der Waals surface area contributed by atoms with Crippen LogP contribution in [-0.2, 0) is 16.0 Å². The zero-order valence-electron chi connectivity index (χ0n) is 13.1. The Morgan fingerprint density at radius 3 is 2.83 bits per heavy atom. The van der Waals surface area contributed by atoms with Gasteiger partial charge in [-0.3, -0.25) is 9.59 Å². The molecule has 1 aliphatic rings. The summed E-state index contributed by atoms with van der Waals surface area (Å²) in [6, 6.07) is 9.59. The average molecular weight is 310 g/mol. The molecule has 1 aromatic carbocycles. The summed E-state index contributed by atoms with van der Waals surface area (Å²) in [4.78, 5) is 28.2. The molecule has 2 aromatic rings. The molecule has 5 heteroatoms. The standard InChI is InChI=1S/C18H18N2O3/c1-11-9-12(7-8-17(21)22)15(19-11)10-14-13-5-3-4-6-16(13)20(2)18(14)23/h3-6,9-10,19H,7-8H2,1-2H3,(H,21,22). The summed E-state index contributed by atoms with van der Waals surface area (Å²) in [7, 11) is 1.76. The molecule has 0 spiro atoms. The van der Waals surface area contributed by atoms with E-state index in [1.807, 2.05) is 43.3 Å². The van der Waals surface area contributed by atoms with Gasteiger partial charge in [-0.1, -0.05) is 18.2 Å². The van der Waals surface area contributed by atoms with Crippen LogP contribution in [-0.4, -0.2) is 29.0 Å². The minimum absolute atomic E-state index is 0.0531. The number of H-pyrrole nitrogens is 1. The Hall–Kier alpha value is -2.82. The van der Waals surface area contributed by atoms with Crippen LogP contribution in [0, 0.1) is 6.92 Å². The molecule has 0 saturated carbocycles. The zero-order chi connectivity index (χ0) is 16.6. The lowest BCUT2D eigenvalue weighted by Crippen LogP contribution is -2.20. The van der Waals surface area contributed by atoms with Gasteiger partial charge in [-0.25, -0.2) is 0 Å². The molecule has 0 fully saturated rings. The first-order valence-electron chi connectivity index (χ1n) is 7.47. The van der Waals surface area contributed by atoms with Gasteiger partial charge in [-0.2, -0.15) is 0 Å². The van der Waals surface area contributed by atoms with Crippen molar-refractivity contribution in [3.8, 4) is 0 Å². The summed E-state index contributed by atoms with van der Waals surface area (Å²) < 4.78 is 0. The smallest absolute Gasteiger partial charge is 0.303 e. The molecule has 1 aliphatic heterocycles. The van der Waals surface area contributed by atoms with Gasteiger partial charge >= 0.3 is 5.97 Å². The number of benzene rings is 1. The van der Waals surface area contributed by atoms with Crippen LogP contribution in [0.1, 0.15) is 28.9 Å². The lowest BCUT2D eigenvalue weighted by molar-refractivity contribution is -0.137. The number of nitrogens with zero attached hydrogens (tertiary/aromatic N) is 1. The Kier molecular flexibility index (Phi) is 3.78. The molecule has 2 N–H and O–H groups in total. The number of carbonyl (C=O) groups excluding carboxylic acids is 1. The second kappa shape index (κ2) is 5.76. The number of aromatic nitrogens is 1. The Morgan fingerprint density at radius 1 is 1.35 bits per heavy atom. The number of carbonyl (C=O) groups is 2. The molecule has 118 valence electrons. The highest BCUT2D eigenvalue weighted by molar-refractivity contribution is 6.35. The van der Waals surface area contributed by atoms with E-state index in [2.05, 4.69) is 4.98 Å². The number of aliphatic carboxylic acids is 1. The fraction of sp³-hybridized carbons (Fsp3) is 0.222. The Bertz CT molecular complexity index is 817. The molecule has 3 rings (SSSR count). The predicted molar refractivity (Wildman–Crippen MR) is 89.2 cm³/mol. The SMILES string of the molecule is Cc1cc(CCC(=O)O)c(C=C2C(=O)N(C)c3ccccc32)[nH]1. The van der Waals surface area contributed by atoms with Crippen LogP contribution in [0.3, 0.4) is 0 Å². The highest BCUT2D eigenvalue weighted by Gasteiger charge is 2.29. The van der Waals surface area contributed by atoms with Gasteiger partial charge in [0.2, 0.25) is 0 Å². The topological polar surface area (TPSA) is 73.4 Å². The molecule has 0 bridgehead atoms. The molecule has 1 aromatic heterocycles. The number of carboxylic acid groups (broad SMARTS) is 1. The van der Waals surface area contributed by atoms with Gasteiger partial charge in [0, 0.05) is 30.4 Å². The predicted octanol–water partition coefficient (Wildman–Crippen LogP) is 2.86. The number of rotatable bonds is 4. The Balaban J connectivity index is 2.02. The second-order valence-corrected chi connectivity index (χ2v) is 5.72. The molecule has 2 heterocycles. The minimum atomic E-state index is -0.829. The third-order valence-corrected chi connectivity index (χ3v) is 4.06. The molecule has 1 amide bonds. The molecule has 0 unspecified atom stereocenters. The van der Waals surface area contributed by atoms with Crippen LogP contribution in [0.5, 0.6) is 0 Å². The Labute approximate surface area is 134 Å². The van der Waals surface area contributed by atoms with E-state index in [1.54, 1.807) is 11.9 Å². The summed E-state index contributed by atoms with van der Waals surface area (Å²) in [5, 5.41) is 8.88. The average Bonchev–Trinajstić information content (AvgIpc) is 2.99. The minimum Gasteiger partial charge on any atom is -0.481 e. The maximum absolute atomic E-state index is 12.5. The number of aromatic amines is 1. The fourth-order valence-electron chi connectivity index (χ4n) is 2.93. The van der Waals surface area contributed by atoms with Gasteiger partial charge in [-0.05, 0) is 37.1 Å². The number of likely N-dealkylation sites (N-methyl/N-ethyl adjacent to an activating group) is 1. The van der Waals surface area contributed by atoms with Crippen molar-refractivity contribution in [1.29, 1.82) is 0 Å². The van der Waals surface area contributed by atoms with Crippen molar-refractivity contribution in [2.45, 2.75) is 19.8 Å². The fourth-order valence-corrected chi connectivity index (χ4v) is 2.93. The second-order valence-electron chi connectivity index (χ2n) is 5.72. The van der Waals surface area contributed by atoms with Crippen molar-refractivity contribution in [2.24, 2.45) is 0 Å². The van der Waals surface area contributed by atoms with Crippen LogP contribution in [0.4, 0.5) is 5.69 Å². The van der Waals surface area contributed by atoms with Crippen LogP contribution < -0.4 is 4.90 Å². The van der Waals surface area contributed by atoms with Crippen LogP contribution in [0.15, 0.2) is 30.3 Å². The number of fused-ring (bicyclic) bond motifs is 1. The monoisotopic (exact) mass is 310 g/mol. The number of para-hydroxylation sites is 1. The van der Waals surface area contributed by atoms with E-state index in [-0.39, 0.29) is 12.3 Å². The number of carboxylic acids is 1. The van der Waals surface area contributed by atoms with E-state index in [0.29, 0.717) is 12.0 Å². The van der Waals surface area contributed by atoms with E-state index in [4.69, 9.17) is 5.11 Å². The summed E-state index contributed by atoms with van der Waals surface area (Å²) in [6.45, 7) is 1.92. The third-order valence-electron chi connectivity index (χ3n) is 4.06. The van der Waals surface area contributed by atoms with Crippen LogP contribution in [0.25, 0.3) is 11.6 Å². The first-order valence-corrected chi connectivity index (χ1v) is 7.47. The van der Waals surface area contributed by atoms with Gasteiger partial charge in [0.1, 0.15) is 0 Å². The van der Waals surface area contributed by atoms with Crippen molar-refractivity contribution < 1.29 is 14.7 Å². The van der Waals surface area contributed by atoms with Crippen molar-refractivity contribution >= 4 is 29.2 Å². The first kappa shape index (κ1) is 15.1. The molecule has 0 radical (unpaired) electrons. The summed E-state index contributed by atoms with van der Waals surface area (Å²) >= 11 is 0. The number of hydrogen-bond acceptors (Lipinski definition) is 2. The number of nitrogens with one attached hydrogen (secondary N) is 1. The van der Waals surface area contributed by atoms with Crippen LogP contribution >= 0.6 is 0 Å². The van der Waals surface area contributed by atoms with Crippen LogP contribution in [0.2, 0.25) is 0 Å². The molecular weight excluding hydrogens is 292 g/mol. The van der Waals surface area contributed by atoms with Crippen molar-refractivity contribution in [2.75, 3.05) is 11.9 Å². The lowest BCUT2D eigenvalue weighted by Gasteiger charge is -2.07. The van der Waals surface area contributed by atoms with E-state index in [9.17, 15) is 9.59 Å². The third kappa shape index (κ3) is 2.77. The van der Waals surface area contributed by atoms with Gasteiger partial charge in [0.25, 0.3) is 5.91 Å². The quantitative estimate of drug-likeness (QED) is 0.853. The van der Waals surface area contributed by atoms with Crippen molar-refractivity contribution in [3.05, 3.63) is 52.8 Å². The van der Waals surface area contributed by atoms with Crippen molar-refractivity contribution in [3.63, 3.8) is 0 Å². The highest BCUT2D eigenvalue weighted by atomic mass is 16.4. The van der Waals surface area contributed by atoms with Crippen molar-refractivity contribution in [1.82, 2.24) is 4.98 Å². The largest absolute Gasteiger partial charge is 0.481 e. The molecule has 0 saturated heterocycles. The maximum atomic E-state index is 12.5. The van der Waals surface area contributed by atoms with E-state index >= 15 is 0 Å². The summed E-state index contributed by atoms with van der Waals surface area (Å²) in [5.41, 5.74) is 5.08. The zero-order valence-corrected chi connectivity index (χ0v) is 13.1. The molecule has 0 atom stereocenters.